The zero-order valence-corrected chi connectivity index (χ0v) is 11.8. The summed E-state index contributed by atoms with van der Waals surface area (Å²) in [6.07, 6.45) is 0. The van der Waals surface area contributed by atoms with E-state index < -0.39 is 5.41 Å². The molecule has 0 bridgehead atoms. The molecule has 0 aromatic heterocycles. The standard InChI is InChI=1S/C15H22N2O2/c1-11(12-7-5-4-6-8-12)17(3)14(18)15(2)10-19-9-13(15)16/h4-8,11,13H,9-10,16H2,1-3H3. The van der Waals surface area contributed by atoms with Crippen LogP contribution in [0.4, 0.5) is 0 Å². The molecule has 1 heterocycles. The molecule has 3 unspecified atom stereocenters. The van der Waals surface area contributed by atoms with Crippen molar-refractivity contribution in [1.82, 2.24) is 4.90 Å². The summed E-state index contributed by atoms with van der Waals surface area (Å²) in [6.45, 7) is 4.77. The van der Waals surface area contributed by atoms with Crippen molar-refractivity contribution in [3.05, 3.63) is 35.9 Å². The number of ether oxygens (including phenoxy) is 1. The van der Waals surface area contributed by atoms with Crippen LogP contribution in [0.15, 0.2) is 30.3 Å². The topological polar surface area (TPSA) is 55.6 Å². The van der Waals surface area contributed by atoms with Crippen LogP contribution in [0.3, 0.4) is 0 Å². The van der Waals surface area contributed by atoms with Crippen LogP contribution in [0.5, 0.6) is 0 Å². The van der Waals surface area contributed by atoms with Crippen molar-refractivity contribution in [2.45, 2.75) is 25.9 Å². The second-order valence-electron chi connectivity index (χ2n) is 5.54. The normalized spacial score (nSPS) is 28.1. The molecule has 4 nitrogen and oxygen atoms in total. The van der Waals surface area contributed by atoms with Gasteiger partial charge in [-0.05, 0) is 19.4 Å². The smallest absolute Gasteiger partial charge is 0.232 e. The fourth-order valence-electron chi connectivity index (χ4n) is 2.44. The van der Waals surface area contributed by atoms with Gasteiger partial charge in [0.25, 0.3) is 0 Å². The summed E-state index contributed by atoms with van der Waals surface area (Å²) in [5.41, 5.74) is 6.52. The van der Waals surface area contributed by atoms with Gasteiger partial charge < -0.3 is 15.4 Å². The molecule has 1 amide bonds. The maximum Gasteiger partial charge on any atom is 0.232 e. The van der Waals surface area contributed by atoms with Crippen molar-refractivity contribution in [2.24, 2.45) is 11.1 Å². The predicted octanol–water partition coefficient (Wildman–Crippen LogP) is 1.57. The Morgan fingerprint density at radius 1 is 1.47 bits per heavy atom. The molecule has 4 heteroatoms. The lowest BCUT2D eigenvalue weighted by Gasteiger charge is -2.34. The van der Waals surface area contributed by atoms with Crippen LogP contribution in [0, 0.1) is 5.41 Å². The molecule has 2 rings (SSSR count). The number of nitrogens with zero attached hydrogens (tertiary/aromatic N) is 1. The minimum Gasteiger partial charge on any atom is -0.379 e. The van der Waals surface area contributed by atoms with Gasteiger partial charge in [-0.1, -0.05) is 30.3 Å². The highest BCUT2D eigenvalue weighted by molar-refractivity contribution is 5.84. The number of hydrogen-bond donors (Lipinski definition) is 1. The minimum atomic E-state index is -0.613. The van der Waals surface area contributed by atoms with E-state index in [1.807, 2.05) is 51.2 Å². The fourth-order valence-corrected chi connectivity index (χ4v) is 2.44. The SMILES string of the molecule is CC(c1ccccc1)N(C)C(=O)C1(C)COCC1N. The van der Waals surface area contributed by atoms with E-state index in [1.165, 1.54) is 0 Å². The summed E-state index contributed by atoms with van der Waals surface area (Å²) in [4.78, 5) is 14.4. The Hall–Kier alpha value is -1.39. The molecule has 0 radical (unpaired) electrons. The number of carbonyl (C=O) groups is 1. The molecule has 104 valence electrons. The van der Waals surface area contributed by atoms with Crippen LogP contribution >= 0.6 is 0 Å². The molecule has 3 atom stereocenters. The van der Waals surface area contributed by atoms with Crippen LogP contribution in [-0.4, -0.2) is 37.1 Å². The molecule has 1 aromatic carbocycles. The van der Waals surface area contributed by atoms with E-state index in [4.69, 9.17) is 10.5 Å². The largest absolute Gasteiger partial charge is 0.379 e. The Balaban J connectivity index is 2.15. The van der Waals surface area contributed by atoms with Crippen LogP contribution in [-0.2, 0) is 9.53 Å². The van der Waals surface area contributed by atoms with Crippen molar-refractivity contribution in [3.63, 3.8) is 0 Å². The lowest BCUT2D eigenvalue weighted by atomic mass is 9.83. The molecular formula is C15H22N2O2. The average Bonchev–Trinajstić information content (AvgIpc) is 2.78. The van der Waals surface area contributed by atoms with Crippen LogP contribution < -0.4 is 5.73 Å². The van der Waals surface area contributed by atoms with E-state index in [9.17, 15) is 4.79 Å². The van der Waals surface area contributed by atoms with Crippen LogP contribution in [0.2, 0.25) is 0 Å². The summed E-state index contributed by atoms with van der Waals surface area (Å²) >= 11 is 0. The monoisotopic (exact) mass is 262 g/mol. The summed E-state index contributed by atoms with van der Waals surface area (Å²) < 4.78 is 5.36. The number of amides is 1. The zero-order valence-electron chi connectivity index (χ0n) is 11.8. The molecule has 1 aromatic rings. The lowest BCUT2D eigenvalue weighted by molar-refractivity contribution is -0.142. The molecule has 2 N–H and O–H groups in total. The van der Waals surface area contributed by atoms with E-state index in [0.717, 1.165) is 5.56 Å². The third-order valence-electron chi connectivity index (χ3n) is 4.19. The Labute approximate surface area is 114 Å². The predicted molar refractivity (Wildman–Crippen MR) is 74.5 cm³/mol. The van der Waals surface area contributed by atoms with Crippen molar-refractivity contribution < 1.29 is 9.53 Å². The number of benzene rings is 1. The summed E-state index contributed by atoms with van der Waals surface area (Å²) in [7, 11) is 1.83. The second kappa shape index (κ2) is 5.31. The average molecular weight is 262 g/mol. The fraction of sp³-hybridized carbons (Fsp3) is 0.533. The van der Waals surface area contributed by atoms with E-state index >= 15 is 0 Å². The Kier molecular flexibility index (Phi) is 3.92. The van der Waals surface area contributed by atoms with Gasteiger partial charge >= 0.3 is 0 Å². The Bertz CT molecular complexity index is 449. The number of rotatable bonds is 3. The molecular weight excluding hydrogens is 240 g/mol. The van der Waals surface area contributed by atoms with Gasteiger partial charge in [0.2, 0.25) is 5.91 Å². The Morgan fingerprint density at radius 2 is 2.11 bits per heavy atom. The van der Waals surface area contributed by atoms with E-state index in [-0.39, 0.29) is 18.0 Å². The lowest BCUT2D eigenvalue weighted by Crippen LogP contribution is -2.50. The molecule has 1 aliphatic heterocycles. The molecule has 1 aliphatic rings. The first-order chi connectivity index (χ1) is 8.97. The third-order valence-corrected chi connectivity index (χ3v) is 4.19. The van der Waals surface area contributed by atoms with E-state index in [2.05, 4.69) is 0 Å². The van der Waals surface area contributed by atoms with E-state index in [1.54, 1.807) is 4.90 Å². The summed E-state index contributed by atoms with van der Waals surface area (Å²) in [6, 6.07) is 9.79. The number of nitrogens with two attached hydrogens (primary N) is 1. The van der Waals surface area contributed by atoms with Gasteiger partial charge in [-0.3, -0.25) is 4.79 Å². The molecule has 1 saturated heterocycles. The Morgan fingerprint density at radius 3 is 2.63 bits per heavy atom. The van der Waals surface area contributed by atoms with Gasteiger partial charge in [-0.2, -0.15) is 0 Å². The zero-order chi connectivity index (χ0) is 14.0. The van der Waals surface area contributed by atoms with Crippen molar-refractivity contribution in [3.8, 4) is 0 Å². The molecule has 0 aliphatic carbocycles. The van der Waals surface area contributed by atoms with Gasteiger partial charge in [-0.25, -0.2) is 0 Å². The van der Waals surface area contributed by atoms with Gasteiger partial charge in [0.05, 0.1) is 24.7 Å². The molecule has 0 spiro atoms. The highest BCUT2D eigenvalue weighted by Gasteiger charge is 2.46. The highest BCUT2D eigenvalue weighted by atomic mass is 16.5. The third kappa shape index (κ3) is 2.51. The van der Waals surface area contributed by atoms with E-state index in [0.29, 0.717) is 13.2 Å². The quantitative estimate of drug-likeness (QED) is 0.899. The first-order valence-electron chi connectivity index (χ1n) is 6.62. The minimum absolute atomic E-state index is 0.0262. The maximum absolute atomic E-state index is 12.7. The maximum atomic E-state index is 12.7. The van der Waals surface area contributed by atoms with Crippen molar-refractivity contribution >= 4 is 5.91 Å². The van der Waals surface area contributed by atoms with Gasteiger partial charge in [0.15, 0.2) is 0 Å². The second-order valence-corrected chi connectivity index (χ2v) is 5.54. The molecule has 19 heavy (non-hydrogen) atoms. The number of carbonyl (C=O) groups excluding carboxylic acids is 1. The number of hydrogen-bond acceptors (Lipinski definition) is 3. The molecule has 0 saturated carbocycles. The van der Waals surface area contributed by atoms with Gasteiger partial charge in [-0.15, -0.1) is 0 Å². The van der Waals surface area contributed by atoms with Gasteiger partial charge in [0, 0.05) is 13.1 Å². The van der Waals surface area contributed by atoms with Crippen molar-refractivity contribution in [2.75, 3.05) is 20.3 Å². The van der Waals surface area contributed by atoms with Gasteiger partial charge in [0.1, 0.15) is 0 Å². The van der Waals surface area contributed by atoms with Crippen molar-refractivity contribution in [1.29, 1.82) is 0 Å². The molecule has 1 fully saturated rings. The van der Waals surface area contributed by atoms with Crippen LogP contribution in [0.25, 0.3) is 0 Å². The summed E-state index contributed by atoms with van der Waals surface area (Å²) in [5.74, 6) is 0.0499. The highest BCUT2D eigenvalue weighted by Crippen LogP contribution is 2.32. The first kappa shape index (κ1) is 14.0. The summed E-state index contributed by atoms with van der Waals surface area (Å²) in [5, 5.41) is 0. The first-order valence-corrected chi connectivity index (χ1v) is 6.62. The van der Waals surface area contributed by atoms with Crippen LogP contribution in [0.1, 0.15) is 25.5 Å².